The highest BCUT2D eigenvalue weighted by atomic mass is 16.5. The molecule has 2 aliphatic rings. The van der Waals surface area contributed by atoms with Crippen LogP contribution in [0.2, 0.25) is 0 Å². The van der Waals surface area contributed by atoms with E-state index in [0.717, 1.165) is 38.5 Å². The van der Waals surface area contributed by atoms with E-state index in [1.165, 1.54) is 0 Å². The second-order valence-corrected chi connectivity index (χ2v) is 5.84. The van der Waals surface area contributed by atoms with Crippen molar-refractivity contribution in [3.63, 3.8) is 0 Å². The van der Waals surface area contributed by atoms with Crippen molar-refractivity contribution in [1.82, 2.24) is 10.2 Å². The smallest absolute Gasteiger partial charge is 0.325 e. The third-order valence-corrected chi connectivity index (χ3v) is 4.36. The van der Waals surface area contributed by atoms with Gasteiger partial charge in [-0.3, -0.25) is 10.1 Å². The molecule has 2 unspecified atom stereocenters. The Morgan fingerprint density at radius 1 is 1.42 bits per heavy atom. The molecule has 2 fully saturated rings. The zero-order valence-corrected chi connectivity index (χ0v) is 11.9. The number of unbranched alkanes of at least 4 members (excludes halogenated alkanes) is 1. The van der Waals surface area contributed by atoms with Crippen molar-refractivity contribution < 1.29 is 14.3 Å². The minimum Gasteiger partial charge on any atom is -0.385 e. The molecule has 2 atom stereocenters. The number of hydrogen-bond acceptors (Lipinski definition) is 3. The van der Waals surface area contributed by atoms with Gasteiger partial charge in [0.15, 0.2) is 0 Å². The van der Waals surface area contributed by atoms with Crippen LogP contribution in [-0.2, 0) is 9.53 Å². The third kappa shape index (κ3) is 2.76. The van der Waals surface area contributed by atoms with Crippen molar-refractivity contribution in [1.29, 1.82) is 0 Å². The van der Waals surface area contributed by atoms with Crippen LogP contribution in [0.3, 0.4) is 0 Å². The van der Waals surface area contributed by atoms with Crippen molar-refractivity contribution >= 4 is 11.9 Å². The summed E-state index contributed by atoms with van der Waals surface area (Å²) >= 11 is 0. The van der Waals surface area contributed by atoms with E-state index in [1.807, 2.05) is 0 Å². The van der Waals surface area contributed by atoms with Gasteiger partial charge in [0.1, 0.15) is 5.54 Å². The number of carbonyl (C=O) groups is 2. The number of nitrogens with zero attached hydrogens (tertiary/aromatic N) is 1. The molecule has 1 N–H and O–H groups in total. The van der Waals surface area contributed by atoms with E-state index in [9.17, 15) is 9.59 Å². The highest BCUT2D eigenvalue weighted by Gasteiger charge is 2.53. The van der Waals surface area contributed by atoms with E-state index in [2.05, 4.69) is 12.2 Å². The SMILES string of the molecule is COCCCCN1C(=O)NC(=O)C12CCCC(C)C2. The topological polar surface area (TPSA) is 58.6 Å². The van der Waals surface area contributed by atoms with Gasteiger partial charge in [0.25, 0.3) is 5.91 Å². The first kappa shape index (κ1) is 14.3. The Bertz CT molecular complexity index is 359. The molecule has 2 rings (SSSR count). The van der Waals surface area contributed by atoms with E-state index in [4.69, 9.17) is 4.74 Å². The second kappa shape index (κ2) is 5.90. The molecule has 3 amide bonds. The third-order valence-electron chi connectivity index (χ3n) is 4.36. The highest BCUT2D eigenvalue weighted by molar-refractivity contribution is 6.07. The van der Waals surface area contributed by atoms with E-state index in [1.54, 1.807) is 12.0 Å². The average molecular weight is 268 g/mol. The van der Waals surface area contributed by atoms with Gasteiger partial charge in [0.2, 0.25) is 0 Å². The number of amides is 3. The molecule has 5 heteroatoms. The Morgan fingerprint density at radius 2 is 2.21 bits per heavy atom. The predicted molar refractivity (Wildman–Crippen MR) is 71.7 cm³/mol. The van der Waals surface area contributed by atoms with Crippen LogP contribution in [-0.4, -0.2) is 42.6 Å². The maximum absolute atomic E-state index is 12.2. The van der Waals surface area contributed by atoms with Crippen molar-refractivity contribution in [2.45, 2.75) is 51.0 Å². The number of urea groups is 1. The maximum atomic E-state index is 12.2. The summed E-state index contributed by atoms with van der Waals surface area (Å²) in [5, 5.41) is 2.51. The number of ether oxygens (including phenoxy) is 1. The fourth-order valence-electron chi connectivity index (χ4n) is 3.40. The van der Waals surface area contributed by atoms with Gasteiger partial charge in [-0.2, -0.15) is 0 Å². The molecule has 19 heavy (non-hydrogen) atoms. The largest absolute Gasteiger partial charge is 0.385 e. The van der Waals surface area contributed by atoms with Crippen molar-refractivity contribution in [3.8, 4) is 0 Å². The molecule has 1 spiro atoms. The molecule has 0 radical (unpaired) electrons. The van der Waals surface area contributed by atoms with Crippen molar-refractivity contribution in [2.24, 2.45) is 5.92 Å². The highest BCUT2D eigenvalue weighted by Crippen LogP contribution is 2.39. The predicted octanol–water partition coefficient (Wildman–Crippen LogP) is 1.91. The van der Waals surface area contributed by atoms with Crippen LogP contribution in [0.4, 0.5) is 4.79 Å². The second-order valence-electron chi connectivity index (χ2n) is 5.84. The normalized spacial score (nSPS) is 31.1. The van der Waals surface area contributed by atoms with E-state index < -0.39 is 5.54 Å². The minimum atomic E-state index is -0.568. The van der Waals surface area contributed by atoms with Crippen molar-refractivity contribution in [2.75, 3.05) is 20.3 Å². The van der Waals surface area contributed by atoms with Gasteiger partial charge in [-0.1, -0.05) is 19.8 Å². The summed E-state index contributed by atoms with van der Waals surface area (Å²) in [5.74, 6) is 0.419. The van der Waals surface area contributed by atoms with Crippen LogP contribution in [0.1, 0.15) is 45.4 Å². The molecule has 0 aromatic carbocycles. The van der Waals surface area contributed by atoms with Gasteiger partial charge >= 0.3 is 6.03 Å². The lowest BCUT2D eigenvalue weighted by Gasteiger charge is -2.40. The fourth-order valence-corrected chi connectivity index (χ4v) is 3.40. The van der Waals surface area contributed by atoms with E-state index in [0.29, 0.717) is 19.1 Å². The van der Waals surface area contributed by atoms with Crippen LogP contribution < -0.4 is 5.32 Å². The number of imide groups is 1. The standard InChI is InChI=1S/C14H24N2O3/c1-11-6-5-7-14(10-11)12(17)15-13(18)16(14)8-3-4-9-19-2/h11H,3-10H2,1-2H3,(H,15,17,18). The first-order valence-electron chi connectivity index (χ1n) is 7.22. The lowest BCUT2D eigenvalue weighted by Crippen LogP contribution is -2.52. The molecular weight excluding hydrogens is 244 g/mol. The molecule has 1 heterocycles. The summed E-state index contributed by atoms with van der Waals surface area (Å²) in [7, 11) is 1.68. The zero-order valence-electron chi connectivity index (χ0n) is 11.9. The van der Waals surface area contributed by atoms with Crippen LogP contribution in [0.5, 0.6) is 0 Å². The summed E-state index contributed by atoms with van der Waals surface area (Å²) in [4.78, 5) is 26.0. The van der Waals surface area contributed by atoms with Crippen molar-refractivity contribution in [3.05, 3.63) is 0 Å². The summed E-state index contributed by atoms with van der Waals surface area (Å²) in [6.45, 7) is 3.51. The molecule has 1 aliphatic heterocycles. The first-order valence-corrected chi connectivity index (χ1v) is 7.22. The number of hydrogen-bond donors (Lipinski definition) is 1. The summed E-state index contributed by atoms with van der Waals surface area (Å²) in [6.07, 6.45) is 5.58. The van der Waals surface area contributed by atoms with Gasteiger partial charge in [0, 0.05) is 20.3 Å². The Labute approximate surface area is 114 Å². The minimum absolute atomic E-state index is 0.0872. The number of methoxy groups -OCH3 is 1. The van der Waals surface area contributed by atoms with Gasteiger partial charge in [-0.25, -0.2) is 4.79 Å². The fraction of sp³-hybridized carbons (Fsp3) is 0.857. The molecule has 1 saturated carbocycles. The van der Waals surface area contributed by atoms with Gasteiger partial charge in [-0.15, -0.1) is 0 Å². The van der Waals surface area contributed by atoms with Gasteiger partial charge in [0.05, 0.1) is 0 Å². The molecule has 0 aromatic heterocycles. The summed E-state index contributed by atoms with van der Waals surface area (Å²) in [6, 6.07) is -0.212. The monoisotopic (exact) mass is 268 g/mol. The van der Waals surface area contributed by atoms with Gasteiger partial charge in [-0.05, 0) is 31.6 Å². The van der Waals surface area contributed by atoms with Crippen LogP contribution in [0, 0.1) is 5.92 Å². The number of nitrogens with one attached hydrogen (secondary N) is 1. The number of carbonyl (C=O) groups excluding carboxylic acids is 2. The molecule has 1 saturated heterocycles. The molecule has 1 aliphatic carbocycles. The van der Waals surface area contributed by atoms with Crippen LogP contribution >= 0.6 is 0 Å². The van der Waals surface area contributed by atoms with Gasteiger partial charge < -0.3 is 9.64 Å². The maximum Gasteiger partial charge on any atom is 0.325 e. The van der Waals surface area contributed by atoms with Crippen LogP contribution in [0.25, 0.3) is 0 Å². The Kier molecular flexibility index (Phi) is 4.45. The lowest BCUT2D eigenvalue weighted by atomic mass is 9.75. The average Bonchev–Trinajstić information content (AvgIpc) is 2.58. The Balaban J connectivity index is 2.05. The summed E-state index contributed by atoms with van der Waals surface area (Å²) in [5.41, 5.74) is -0.568. The Hall–Kier alpha value is -1.10. The molecule has 5 nitrogen and oxygen atoms in total. The quantitative estimate of drug-likeness (QED) is 0.612. The molecule has 0 aromatic rings. The number of rotatable bonds is 5. The zero-order chi connectivity index (χ0) is 13.9. The molecule has 0 bridgehead atoms. The lowest BCUT2D eigenvalue weighted by molar-refractivity contribution is -0.129. The van der Waals surface area contributed by atoms with E-state index >= 15 is 0 Å². The summed E-state index contributed by atoms with van der Waals surface area (Å²) < 4.78 is 5.02. The molecule has 108 valence electrons. The van der Waals surface area contributed by atoms with E-state index in [-0.39, 0.29) is 11.9 Å². The molecular formula is C14H24N2O3. The van der Waals surface area contributed by atoms with Crippen LogP contribution in [0.15, 0.2) is 0 Å². The first-order chi connectivity index (χ1) is 9.10. The Morgan fingerprint density at radius 3 is 2.89 bits per heavy atom.